The topological polar surface area (TPSA) is 41.6 Å². The number of hydrogen-bond donors (Lipinski definition) is 1. The summed E-state index contributed by atoms with van der Waals surface area (Å²) < 4.78 is 5.67. The minimum Gasteiger partial charge on any atom is -0.493 e. The van der Waals surface area contributed by atoms with E-state index < -0.39 is 0 Å². The van der Waals surface area contributed by atoms with E-state index in [1.165, 1.54) is 12.8 Å². The van der Waals surface area contributed by atoms with Crippen molar-refractivity contribution in [3.63, 3.8) is 0 Å². The molecular weight excluding hydrogens is 312 g/mol. The van der Waals surface area contributed by atoms with Crippen LogP contribution in [0.2, 0.25) is 0 Å². The summed E-state index contributed by atoms with van der Waals surface area (Å²) >= 11 is 0. The number of hydrogen-bond acceptors (Lipinski definition) is 3. The number of anilines is 2. The summed E-state index contributed by atoms with van der Waals surface area (Å²) in [6.07, 6.45) is 2.42. The van der Waals surface area contributed by atoms with Gasteiger partial charge in [-0.2, -0.15) is 0 Å². The Morgan fingerprint density at radius 1 is 1.08 bits per heavy atom. The van der Waals surface area contributed by atoms with Gasteiger partial charge in [0.1, 0.15) is 5.75 Å². The Balaban J connectivity index is 1.68. The minimum atomic E-state index is -0.0953. The second-order valence-corrected chi connectivity index (χ2v) is 6.89. The van der Waals surface area contributed by atoms with Crippen molar-refractivity contribution in [1.82, 2.24) is 0 Å². The minimum absolute atomic E-state index is 0.0953. The van der Waals surface area contributed by atoms with E-state index in [1.54, 1.807) is 0 Å². The van der Waals surface area contributed by atoms with Crippen molar-refractivity contribution >= 4 is 17.3 Å². The zero-order valence-corrected chi connectivity index (χ0v) is 15.0. The van der Waals surface area contributed by atoms with Crippen LogP contribution >= 0.6 is 0 Å². The monoisotopic (exact) mass is 338 g/mol. The Morgan fingerprint density at radius 3 is 2.44 bits per heavy atom. The highest BCUT2D eigenvalue weighted by Gasteiger charge is 2.17. The molecule has 1 aliphatic heterocycles. The molecule has 0 radical (unpaired) electrons. The Hall–Kier alpha value is -2.49. The molecule has 1 saturated heterocycles. The highest BCUT2D eigenvalue weighted by Crippen LogP contribution is 2.29. The molecule has 1 amide bonds. The molecule has 0 atom stereocenters. The molecule has 4 nitrogen and oxygen atoms in total. The van der Waals surface area contributed by atoms with Crippen molar-refractivity contribution in [2.24, 2.45) is 5.92 Å². The zero-order chi connectivity index (χ0) is 17.6. The maximum atomic E-state index is 12.6. The fourth-order valence-electron chi connectivity index (χ4n) is 2.97. The molecule has 2 aromatic rings. The lowest BCUT2D eigenvalue weighted by Crippen LogP contribution is -2.21. The molecule has 3 rings (SSSR count). The molecule has 2 aromatic carbocycles. The molecule has 0 saturated carbocycles. The Bertz CT molecular complexity index is 704. The van der Waals surface area contributed by atoms with Gasteiger partial charge in [-0.15, -0.1) is 0 Å². The van der Waals surface area contributed by atoms with Gasteiger partial charge in [-0.25, -0.2) is 0 Å². The van der Waals surface area contributed by atoms with Crippen molar-refractivity contribution < 1.29 is 9.53 Å². The van der Waals surface area contributed by atoms with Crippen molar-refractivity contribution in [2.75, 3.05) is 29.9 Å². The van der Waals surface area contributed by atoms with Crippen LogP contribution in [0, 0.1) is 5.92 Å². The number of rotatable bonds is 6. The van der Waals surface area contributed by atoms with Gasteiger partial charge in [-0.1, -0.05) is 26.0 Å². The lowest BCUT2D eigenvalue weighted by molar-refractivity contribution is 0.102. The fourth-order valence-corrected chi connectivity index (χ4v) is 2.97. The van der Waals surface area contributed by atoms with Gasteiger partial charge >= 0.3 is 0 Å². The zero-order valence-electron chi connectivity index (χ0n) is 15.0. The number of benzene rings is 2. The Labute approximate surface area is 149 Å². The molecule has 0 bridgehead atoms. The quantitative estimate of drug-likeness (QED) is 0.838. The van der Waals surface area contributed by atoms with E-state index in [4.69, 9.17) is 4.74 Å². The summed E-state index contributed by atoms with van der Waals surface area (Å²) in [6, 6.07) is 15.3. The summed E-state index contributed by atoms with van der Waals surface area (Å²) in [5, 5.41) is 3.05. The first kappa shape index (κ1) is 17.3. The maximum Gasteiger partial charge on any atom is 0.255 e. The van der Waals surface area contributed by atoms with Crippen molar-refractivity contribution in [2.45, 2.75) is 26.7 Å². The molecule has 4 heteroatoms. The van der Waals surface area contributed by atoms with Gasteiger partial charge in [0.2, 0.25) is 0 Å². The number of ether oxygens (including phenoxy) is 1. The Morgan fingerprint density at radius 2 is 1.76 bits per heavy atom. The summed E-state index contributed by atoms with van der Waals surface area (Å²) in [5.41, 5.74) is 2.60. The molecule has 25 heavy (non-hydrogen) atoms. The molecule has 0 unspecified atom stereocenters. The summed E-state index contributed by atoms with van der Waals surface area (Å²) in [6.45, 7) is 7.00. The largest absolute Gasteiger partial charge is 0.493 e. The van der Waals surface area contributed by atoms with Gasteiger partial charge in [-0.05, 0) is 55.2 Å². The Kier molecular flexibility index (Phi) is 5.59. The summed E-state index contributed by atoms with van der Waals surface area (Å²) in [7, 11) is 0. The van der Waals surface area contributed by atoms with E-state index in [2.05, 4.69) is 30.1 Å². The molecule has 132 valence electrons. The third-order valence-corrected chi connectivity index (χ3v) is 4.30. The lowest BCUT2D eigenvalue weighted by Gasteiger charge is -2.21. The van der Waals surface area contributed by atoms with Gasteiger partial charge in [0.15, 0.2) is 0 Å². The molecule has 1 heterocycles. The number of carbonyl (C=O) groups is 1. The molecule has 0 spiro atoms. The van der Waals surface area contributed by atoms with Crippen LogP contribution in [0.3, 0.4) is 0 Å². The number of carbonyl (C=O) groups excluding carboxylic acids is 1. The number of nitrogens with one attached hydrogen (secondary N) is 1. The molecule has 1 fully saturated rings. The predicted molar refractivity (Wildman–Crippen MR) is 103 cm³/mol. The van der Waals surface area contributed by atoms with Gasteiger partial charge in [0.25, 0.3) is 5.91 Å². The van der Waals surface area contributed by atoms with Gasteiger partial charge in [0.05, 0.1) is 18.0 Å². The van der Waals surface area contributed by atoms with Crippen LogP contribution in [-0.4, -0.2) is 25.6 Å². The molecular formula is C21H26N2O2. The molecule has 1 N–H and O–H groups in total. The van der Waals surface area contributed by atoms with Crippen LogP contribution in [0.15, 0.2) is 48.5 Å². The van der Waals surface area contributed by atoms with Crippen molar-refractivity contribution in [3.05, 3.63) is 54.1 Å². The van der Waals surface area contributed by atoms with Crippen molar-refractivity contribution in [3.8, 4) is 5.75 Å². The van der Waals surface area contributed by atoms with Crippen LogP contribution < -0.4 is 15.0 Å². The van der Waals surface area contributed by atoms with E-state index in [1.807, 2.05) is 42.5 Å². The first-order valence-electron chi connectivity index (χ1n) is 9.01. The van der Waals surface area contributed by atoms with Crippen LogP contribution in [-0.2, 0) is 0 Å². The smallest absolute Gasteiger partial charge is 0.255 e. The van der Waals surface area contributed by atoms with E-state index >= 15 is 0 Å². The highest BCUT2D eigenvalue weighted by atomic mass is 16.5. The third-order valence-electron chi connectivity index (χ3n) is 4.30. The van der Waals surface area contributed by atoms with Gasteiger partial charge in [-0.3, -0.25) is 4.79 Å². The lowest BCUT2D eigenvalue weighted by atomic mass is 10.2. The van der Waals surface area contributed by atoms with Crippen LogP contribution in [0.1, 0.15) is 37.0 Å². The highest BCUT2D eigenvalue weighted by molar-refractivity contribution is 6.06. The molecule has 0 aliphatic carbocycles. The van der Waals surface area contributed by atoms with Gasteiger partial charge < -0.3 is 15.0 Å². The average Bonchev–Trinajstić information content (AvgIpc) is 3.15. The normalized spacial score (nSPS) is 14.0. The second kappa shape index (κ2) is 8.06. The van der Waals surface area contributed by atoms with E-state index in [0.29, 0.717) is 18.1 Å². The average molecular weight is 338 g/mol. The van der Waals surface area contributed by atoms with E-state index in [9.17, 15) is 4.79 Å². The SMILES string of the molecule is CC(C)COc1ccc(C(=O)Nc2ccccc2N2CCCC2)cc1. The first-order chi connectivity index (χ1) is 12.1. The molecule has 1 aliphatic rings. The first-order valence-corrected chi connectivity index (χ1v) is 9.01. The molecule has 0 aromatic heterocycles. The fraction of sp³-hybridized carbons (Fsp3) is 0.381. The maximum absolute atomic E-state index is 12.6. The number of nitrogens with zero attached hydrogens (tertiary/aromatic N) is 1. The summed E-state index contributed by atoms with van der Waals surface area (Å²) in [5.74, 6) is 1.18. The van der Waals surface area contributed by atoms with Crippen LogP contribution in [0.5, 0.6) is 5.75 Å². The number of para-hydroxylation sites is 2. The van der Waals surface area contributed by atoms with Gasteiger partial charge in [0, 0.05) is 18.7 Å². The van der Waals surface area contributed by atoms with Crippen LogP contribution in [0.25, 0.3) is 0 Å². The van der Waals surface area contributed by atoms with Crippen molar-refractivity contribution in [1.29, 1.82) is 0 Å². The summed E-state index contributed by atoms with van der Waals surface area (Å²) in [4.78, 5) is 14.9. The standard InChI is InChI=1S/C21H26N2O2/c1-16(2)15-25-18-11-9-17(10-12-18)21(24)22-19-7-3-4-8-20(19)23-13-5-6-14-23/h3-4,7-12,16H,5-6,13-15H2,1-2H3,(H,22,24). The third kappa shape index (κ3) is 4.53. The van der Waals surface area contributed by atoms with E-state index in [0.717, 1.165) is 30.2 Å². The predicted octanol–water partition coefficient (Wildman–Crippen LogP) is 4.57. The van der Waals surface area contributed by atoms with Crippen LogP contribution in [0.4, 0.5) is 11.4 Å². The van der Waals surface area contributed by atoms with E-state index in [-0.39, 0.29) is 5.91 Å². The second-order valence-electron chi connectivity index (χ2n) is 6.89. The number of amides is 1.